The molecule has 134 valence electrons. The van der Waals surface area contributed by atoms with Crippen molar-refractivity contribution in [2.75, 3.05) is 6.61 Å². The number of fused-ring (bicyclic) bond motifs is 1. The van der Waals surface area contributed by atoms with Crippen molar-refractivity contribution in [1.29, 1.82) is 0 Å². The standard InChI is InChI=1S/C19H15Cl2NO4/c1-11(15-6-4-13(20)8-16(15)21)22-18(23)10-25-14-5-2-12-3-7-19(24)26-17(12)9-14/h2-9,11H,10H2,1H3,(H,22,23)/t11-/m0/s1. The molecule has 0 aliphatic carbocycles. The molecule has 1 atom stereocenters. The molecule has 0 spiro atoms. The van der Waals surface area contributed by atoms with Crippen LogP contribution in [-0.2, 0) is 4.79 Å². The van der Waals surface area contributed by atoms with Crippen LogP contribution in [0.15, 0.2) is 57.7 Å². The van der Waals surface area contributed by atoms with Crippen molar-refractivity contribution in [3.8, 4) is 5.75 Å². The average molecular weight is 392 g/mol. The molecule has 0 saturated carbocycles. The molecule has 1 heterocycles. The van der Waals surface area contributed by atoms with Gasteiger partial charge in [-0.3, -0.25) is 4.79 Å². The summed E-state index contributed by atoms with van der Waals surface area (Å²) in [6, 6.07) is 12.8. The Morgan fingerprint density at radius 3 is 2.69 bits per heavy atom. The third kappa shape index (κ3) is 4.36. The number of carbonyl (C=O) groups excluding carboxylic acids is 1. The van der Waals surface area contributed by atoms with Gasteiger partial charge in [-0.05, 0) is 42.8 Å². The van der Waals surface area contributed by atoms with Crippen LogP contribution in [-0.4, -0.2) is 12.5 Å². The van der Waals surface area contributed by atoms with E-state index in [9.17, 15) is 9.59 Å². The Kier molecular flexibility index (Phi) is 5.49. The largest absolute Gasteiger partial charge is 0.484 e. The summed E-state index contributed by atoms with van der Waals surface area (Å²) in [7, 11) is 0. The van der Waals surface area contributed by atoms with E-state index in [2.05, 4.69) is 5.32 Å². The van der Waals surface area contributed by atoms with Crippen molar-refractivity contribution < 1.29 is 13.9 Å². The molecule has 0 radical (unpaired) electrons. The second-order valence-electron chi connectivity index (χ2n) is 5.70. The molecule has 1 aromatic heterocycles. The van der Waals surface area contributed by atoms with Crippen LogP contribution in [0.2, 0.25) is 10.0 Å². The van der Waals surface area contributed by atoms with Gasteiger partial charge in [-0.2, -0.15) is 0 Å². The molecule has 2 aromatic carbocycles. The van der Waals surface area contributed by atoms with Crippen molar-refractivity contribution in [2.24, 2.45) is 0 Å². The number of hydrogen-bond donors (Lipinski definition) is 1. The molecule has 26 heavy (non-hydrogen) atoms. The van der Waals surface area contributed by atoms with E-state index in [1.54, 1.807) is 42.5 Å². The zero-order valence-electron chi connectivity index (χ0n) is 13.8. The number of halogens is 2. The summed E-state index contributed by atoms with van der Waals surface area (Å²) in [4.78, 5) is 23.4. The summed E-state index contributed by atoms with van der Waals surface area (Å²) in [5, 5.41) is 4.59. The number of nitrogens with one attached hydrogen (secondary N) is 1. The lowest BCUT2D eigenvalue weighted by molar-refractivity contribution is -0.123. The first-order chi connectivity index (χ1) is 12.4. The molecular formula is C19H15Cl2NO4. The fraction of sp³-hybridized carbons (Fsp3) is 0.158. The monoisotopic (exact) mass is 391 g/mol. The normalized spacial score (nSPS) is 12.0. The number of benzene rings is 2. The van der Waals surface area contributed by atoms with E-state index in [1.165, 1.54) is 6.07 Å². The van der Waals surface area contributed by atoms with Gasteiger partial charge in [0, 0.05) is 27.6 Å². The van der Waals surface area contributed by atoms with Crippen LogP contribution in [0.1, 0.15) is 18.5 Å². The predicted molar refractivity (Wildman–Crippen MR) is 101 cm³/mol. The van der Waals surface area contributed by atoms with Crippen LogP contribution in [0.5, 0.6) is 5.75 Å². The Morgan fingerprint density at radius 1 is 1.15 bits per heavy atom. The van der Waals surface area contributed by atoms with Crippen LogP contribution in [0.3, 0.4) is 0 Å². The lowest BCUT2D eigenvalue weighted by atomic mass is 10.1. The first-order valence-corrected chi connectivity index (χ1v) is 8.59. The minimum atomic E-state index is -0.443. The predicted octanol–water partition coefficient (Wildman–Crippen LogP) is 4.36. The molecule has 0 unspecified atom stereocenters. The second-order valence-corrected chi connectivity index (χ2v) is 6.54. The summed E-state index contributed by atoms with van der Waals surface area (Å²) in [5.41, 5.74) is 0.717. The topological polar surface area (TPSA) is 68.5 Å². The van der Waals surface area contributed by atoms with Crippen molar-refractivity contribution >= 4 is 40.1 Å². The first-order valence-electron chi connectivity index (χ1n) is 7.83. The third-order valence-electron chi connectivity index (χ3n) is 3.77. The van der Waals surface area contributed by atoms with Crippen LogP contribution < -0.4 is 15.7 Å². The zero-order valence-corrected chi connectivity index (χ0v) is 15.3. The summed E-state index contributed by atoms with van der Waals surface area (Å²) in [6.45, 7) is 1.63. The fourth-order valence-electron chi connectivity index (χ4n) is 2.49. The lowest BCUT2D eigenvalue weighted by Crippen LogP contribution is -2.31. The molecule has 0 aliphatic rings. The molecule has 3 aromatic rings. The smallest absolute Gasteiger partial charge is 0.336 e. The van der Waals surface area contributed by atoms with Crippen LogP contribution >= 0.6 is 23.2 Å². The van der Waals surface area contributed by atoms with Crippen LogP contribution in [0.25, 0.3) is 11.0 Å². The molecule has 1 N–H and O–H groups in total. The van der Waals surface area contributed by atoms with Crippen molar-refractivity contribution in [1.82, 2.24) is 5.32 Å². The number of amides is 1. The molecule has 3 rings (SSSR count). The lowest BCUT2D eigenvalue weighted by Gasteiger charge is -2.16. The molecule has 0 bridgehead atoms. The SMILES string of the molecule is C[C@H](NC(=O)COc1ccc2ccc(=O)oc2c1)c1ccc(Cl)cc1Cl. The van der Waals surface area contributed by atoms with Crippen molar-refractivity contribution in [2.45, 2.75) is 13.0 Å². The minimum Gasteiger partial charge on any atom is -0.484 e. The number of rotatable bonds is 5. The average Bonchev–Trinajstić information content (AvgIpc) is 2.59. The van der Waals surface area contributed by atoms with E-state index in [4.69, 9.17) is 32.4 Å². The highest BCUT2D eigenvalue weighted by Gasteiger charge is 2.13. The van der Waals surface area contributed by atoms with Crippen molar-refractivity contribution in [3.05, 3.63) is 74.6 Å². The summed E-state index contributed by atoms with van der Waals surface area (Å²) in [6.07, 6.45) is 0. The van der Waals surface area contributed by atoms with Gasteiger partial charge in [0.1, 0.15) is 11.3 Å². The summed E-state index contributed by atoms with van der Waals surface area (Å²) >= 11 is 12.0. The van der Waals surface area contributed by atoms with Gasteiger partial charge in [-0.25, -0.2) is 4.79 Å². The first kappa shape index (κ1) is 18.3. The zero-order chi connectivity index (χ0) is 18.7. The van der Waals surface area contributed by atoms with Gasteiger partial charge in [-0.1, -0.05) is 29.3 Å². The van der Waals surface area contributed by atoms with Crippen LogP contribution in [0.4, 0.5) is 0 Å². The molecule has 0 saturated heterocycles. The highest BCUT2D eigenvalue weighted by atomic mass is 35.5. The number of ether oxygens (including phenoxy) is 1. The van der Waals surface area contributed by atoms with E-state index >= 15 is 0 Å². The van der Waals surface area contributed by atoms with Gasteiger partial charge in [0.05, 0.1) is 6.04 Å². The molecule has 0 aliphatic heterocycles. The third-order valence-corrected chi connectivity index (χ3v) is 4.33. The second kappa shape index (κ2) is 7.81. The maximum Gasteiger partial charge on any atom is 0.336 e. The molecule has 1 amide bonds. The Bertz CT molecular complexity index is 1020. The van der Waals surface area contributed by atoms with Gasteiger partial charge >= 0.3 is 5.63 Å². The molecule has 7 heteroatoms. The Balaban J connectivity index is 1.62. The minimum absolute atomic E-state index is 0.182. The van der Waals surface area contributed by atoms with Gasteiger partial charge in [0.25, 0.3) is 5.91 Å². The Morgan fingerprint density at radius 2 is 1.92 bits per heavy atom. The van der Waals surface area contributed by atoms with Gasteiger partial charge in [-0.15, -0.1) is 0 Å². The van der Waals surface area contributed by atoms with Gasteiger partial charge in [0.2, 0.25) is 0 Å². The summed E-state index contributed by atoms with van der Waals surface area (Å²) < 4.78 is 10.6. The molecule has 0 fully saturated rings. The van der Waals surface area contributed by atoms with E-state index < -0.39 is 5.63 Å². The van der Waals surface area contributed by atoms with Crippen molar-refractivity contribution in [3.63, 3.8) is 0 Å². The number of carbonyl (C=O) groups is 1. The Hall–Kier alpha value is -2.50. The van der Waals surface area contributed by atoms with E-state index in [1.807, 2.05) is 6.92 Å². The highest BCUT2D eigenvalue weighted by molar-refractivity contribution is 6.35. The van der Waals surface area contributed by atoms with Gasteiger partial charge in [0.15, 0.2) is 6.61 Å². The van der Waals surface area contributed by atoms with E-state index in [0.29, 0.717) is 21.4 Å². The molecule has 5 nitrogen and oxygen atoms in total. The quantitative estimate of drug-likeness (QED) is 0.656. The van der Waals surface area contributed by atoms with Crippen LogP contribution in [0, 0.1) is 0 Å². The fourth-order valence-corrected chi connectivity index (χ4v) is 3.07. The Labute approximate surface area is 159 Å². The van der Waals surface area contributed by atoms with E-state index in [0.717, 1.165) is 10.9 Å². The van der Waals surface area contributed by atoms with E-state index in [-0.39, 0.29) is 18.6 Å². The summed E-state index contributed by atoms with van der Waals surface area (Å²) in [5.74, 6) is 0.123. The number of hydrogen-bond acceptors (Lipinski definition) is 4. The molecular weight excluding hydrogens is 377 g/mol. The highest BCUT2D eigenvalue weighted by Crippen LogP contribution is 2.26. The maximum absolute atomic E-state index is 12.1. The maximum atomic E-state index is 12.1. The van der Waals surface area contributed by atoms with Gasteiger partial charge < -0.3 is 14.5 Å².